The highest BCUT2D eigenvalue weighted by Crippen LogP contribution is 2.01. The van der Waals surface area contributed by atoms with E-state index in [1.54, 1.807) is 0 Å². The van der Waals surface area contributed by atoms with Crippen LogP contribution in [0.2, 0.25) is 0 Å². The predicted octanol–water partition coefficient (Wildman–Crippen LogP) is 0.882. The standard InChI is InChI=1S/C13H27N3O/c1-4-5-6-13(17)15(3)9-12-16-10-7-14(2)8-11-16/h4-12H2,1-3H3. The molecule has 1 fully saturated rings. The van der Waals surface area contributed by atoms with Crippen molar-refractivity contribution in [3.05, 3.63) is 0 Å². The minimum absolute atomic E-state index is 0.293. The highest BCUT2D eigenvalue weighted by molar-refractivity contribution is 5.75. The van der Waals surface area contributed by atoms with Crippen molar-refractivity contribution in [3.8, 4) is 0 Å². The molecule has 4 nitrogen and oxygen atoms in total. The molecule has 1 heterocycles. The van der Waals surface area contributed by atoms with Gasteiger partial charge in [-0.1, -0.05) is 13.3 Å². The third kappa shape index (κ3) is 5.50. The van der Waals surface area contributed by atoms with Crippen molar-refractivity contribution in [1.82, 2.24) is 14.7 Å². The molecule has 0 aromatic rings. The fourth-order valence-corrected chi connectivity index (χ4v) is 2.01. The molecule has 0 bridgehead atoms. The average molecular weight is 241 g/mol. The van der Waals surface area contributed by atoms with E-state index in [9.17, 15) is 4.79 Å². The Hall–Kier alpha value is -0.610. The second kappa shape index (κ2) is 7.67. The normalized spacial score (nSPS) is 18.3. The molecule has 0 aromatic heterocycles. The van der Waals surface area contributed by atoms with Crippen LogP contribution in [0.3, 0.4) is 0 Å². The molecule has 4 heteroatoms. The van der Waals surface area contributed by atoms with Crippen LogP contribution in [0.1, 0.15) is 26.2 Å². The Morgan fingerprint density at radius 1 is 1.24 bits per heavy atom. The van der Waals surface area contributed by atoms with E-state index >= 15 is 0 Å². The highest BCUT2D eigenvalue weighted by Gasteiger charge is 2.15. The van der Waals surface area contributed by atoms with Gasteiger partial charge in [0.1, 0.15) is 0 Å². The minimum atomic E-state index is 0.293. The lowest BCUT2D eigenvalue weighted by Gasteiger charge is -2.33. The maximum Gasteiger partial charge on any atom is 0.222 e. The van der Waals surface area contributed by atoms with Crippen molar-refractivity contribution >= 4 is 5.91 Å². The molecule has 0 aliphatic carbocycles. The van der Waals surface area contributed by atoms with E-state index < -0.39 is 0 Å². The highest BCUT2D eigenvalue weighted by atomic mass is 16.2. The number of unbranched alkanes of at least 4 members (excludes halogenated alkanes) is 1. The lowest BCUT2D eigenvalue weighted by atomic mass is 10.2. The summed E-state index contributed by atoms with van der Waals surface area (Å²) < 4.78 is 0. The van der Waals surface area contributed by atoms with Crippen LogP contribution in [0.15, 0.2) is 0 Å². The smallest absolute Gasteiger partial charge is 0.222 e. The van der Waals surface area contributed by atoms with Crippen LogP contribution in [-0.2, 0) is 4.79 Å². The quantitative estimate of drug-likeness (QED) is 0.691. The number of piperazine rings is 1. The van der Waals surface area contributed by atoms with E-state index in [0.29, 0.717) is 12.3 Å². The SMILES string of the molecule is CCCCC(=O)N(C)CCN1CCN(C)CC1. The van der Waals surface area contributed by atoms with Crippen molar-refractivity contribution in [1.29, 1.82) is 0 Å². The number of likely N-dealkylation sites (N-methyl/N-ethyl adjacent to an activating group) is 2. The molecule has 0 radical (unpaired) electrons. The van der Waals surface area contributed by atoms with Gasteiger partial charge in [-0.05, 0) is 13.5 Å². The van der Waals surface area contributed by atoms with Gasteiger partial charge in [-0.15, -0.1) is 0 Å². The zero-order chi connectivity index (χ0) is 12.7. The van der Waals surface area contributed by atoms with Crippen LogP contribution < -0.4 is 0 Å². The zero-order valence-electron chi connectivity index (χ0n) is 11.6. The van der Waals surface area contributed by atoms with E-state index in [0.717, 1.165) is 52.1 Å². The van der Waals surface area contributed by atoms with E-state index in [1.165, 1.54) is 0 Å². The summed E-state index contributed by atoms with van der Waals surface area (Å²) in [6.07, 6.45) is 2.81. The molecule has 0 unspecified atom stereocenters. The Bertz CT molecular complexity index is 225. The topological polar surface area (TPSA) is 26.8 Å². The molecular formula is C13H27N3O. The molecule has 1 aliphatic rings. The number of carbonyl (C=O) groups is 1. The summed E-state index contributed by atoms with van der Waals surface area (Å²) in [5.74, 6) is 0.293. The molecule has 0 spiro atoms. The molecule has 100 valence electrons. The first-order valence-electron chi connectivity index (χ1n) is 6.78. The predicted molar refractivity (Wildman–Crippen MR) is 71.1 cm³/mol. The van der Waals surface area contributed by atoms with Crippen molar-refractivity contribution < 1.29 is 4.79 Å². The van der Waals surface area contributed by atoms with Crippen LogP contribution in [0.5, 0.6) is 0 Å². The van der Waals surface area contributed by atoms with E-state index in [2.05, 4.69) is 23.8 Å². The minimum Gasteiger partial charge on any atom is -0.344 e. The van der Waals surface area contributed by atoms with Crippen LogP contribution in [0.4, 0.5) is 0 Å². The summed E-state index contributed by atoms with van der Waals surface area (Å²) in [7, 11) is 4.09. The average Bonchev–Trinajstić information content (AvgIpc) is 2.34. The monoisotopic (exact) mass is 241 g/mol. The van der Waals surface area contributed by atoms with Crippen LogP contribution in [-0.4, -0.2) is 74.0 Å². The Balaban J connectivity index is 2.14. The Morgan fingerprint density at radius 3 is 2.47 bits per heavy atom. The van der Waals surface area contributed by atoms with Gasteiger partial charge in [0.25, 0.3) is 0 Å². The molecule has 0 atom stereocenters. The van der Waals surface area contributed by atoms with Gasteiger partial charge in [-0.25, -0.2) is 0 Å². The molecular weight excluding hydrogens is 214 g/mol. The van der Waals surface area contributed by atoms with Gasteiger partial charge in [0.2, 0.25) is 5.91 Å². The third-order valence-corrected chi connectivity index (χ3v) is 3.52. The largest absolute Gasteiger partial charge is 0.344 e. The maximum absolute atomic E-state index is 11.7. The lowest BCUT2D eigenvalue weighted by Crippen LogP contribution is -2.47. The molecule has 1 rings (SSSR count). The van der Waals surface area contributed by atoms with Crippen LogP contribution >= 0.6 is 0 Å². The van der Waals surface area contributed by atoms with Gasteiger partial charge in [0.15, 0.2) is 0 Å². The molecule has 0 saturated carbocycles. The van der Waals surface area contributed by atoms with Crippen LogP contribution in [0, 0.1) is 0 Å². The molecule has 1 amide bonds. The first kappa shape index (κ1) is 14.5. The number of hydrogen-bond acceptors (Lipinski definition) is 3. The van der Waals surface area contributed by atoms with Gasteiger partial charge in [-0.3, -0.25) is 9.69 Å². The van der Waals surface area contributed by atoms with Crippen molar-refractivity contribution in [3.63, 3.8) is 0 Å². The Morgan fingerprint density at radius 2 is 1.88 bits per heavy atom. The lowest BCUT2D eigenvalue weighted by molar-refractivity contribution is -0.130. The number of hydrogen-bond donors (Lipinski definition) is 0. The van der Waals surface area contributed by atoms with Crippen LogP contribution in [0.25, 0.3) is 0 Å². The van der Waals surface area contributed by atoms with Crippen molar-refractivity contribution in [2.75, 3.05) is 53.4 Å². The maximum atomic E-state index is 11.7. The van der Waals surface area contributed by atoms with Gasteiger partial charge >= 0.3 is 0 Å². The molecule has 17 heavy (non-hydrogen) atoms. The fraction of sp³-hybridized carbons (Fsp3) is 0.923. The second-order valence-electron chi connectivity index (χ2n) is 5.06. The first-order chi connectivity index (χ1) is 8.13. The summed E-state index contributed by atoms with van der Waals surface area (Å²) in [5, 5.41) is 0. The summed E-state index contributed by atoms with van der Waals surface area (Å²) >= 11 is 0. The van der Waals surface area contributed by atoms with Gasteiger partial charge in [-0.2, -0.15) is 0 Å². The van der Waals surface area contributed by atoms with Crippen molar-refractivity contribution in [2.24, 2.45) is 0 Å². The zero-order valence-corrected chi connectivity index (χ0v) is 11.6. The number of carbonyl (C=O) groups excluding carboxylic acids is 1. The molecule has 0 aromatic carbocycles. The Kier molecular flexibility index (Phi) is 6.52. The van der Waals surface area contributed by atoms with E-state index in [-0.39, 0.29) is 0 Å². The summed E-state index contributed by atoms with van der Waals surface area (Å²) in [4.78, 5) is 18.4. The Labute approximate surface area is 106 Å². The number of amides is 1. The number of nitrogens with zero attached hydrogens (tertiary/aromatic N) is 3. The summed E-state index contributed by atoms with van der Waals surface area (Å²) in [6.45, 7) is 8.56. The number of rotatable bonds is 6. The van der Waals surface area contributed by atoms with Gasteiger partial charge in [0.05, 0.1) is 0 Å². The first-order valence-corrected chi connectivity index (χ1v) is 6.78. The van der Waals surface area contributed by atoms with Crippen molar-refractivity contribution in [2.45, 2.75) is 26.2 Å². The van der Waals surface area contributed by atoms with Gasteiger partial charge in [0, 0.05) is 52.7 Å². The fourth-order valence-electron chi connectivity index (χ4n) is 2.01. The molecule has 1 saturated heterocycles. The molecule has 1 aliphatic heterocycles. The second-order valence-corrected chi connectivity index (χ2v) is 5.06. The van der Waals surface area contributed by atoms with E-state index in [4.69, 9.17) is 0 Å². The summed E-state index contributed by atoms with van der Waals surface area (Å²) in [6, 6.07) is 0. The molecule has 0 N–H and O–H groups in total. The van der Waals surface area contributed by atoms with E-state index in [1.807, 2.05) is 11.9 Å². The third-order valence-electron chi connectivity index (χ3n) is 3.52. The van der Waals surface area contributed by atoms with Gasteiger partial charge < -0.3 is 9.80 Å². The summed E-state index contributed by atoms with van der Waals surface area (Å²) in [5.41, 5.74) is 0.